The molecule has 34 heavy (non-hydrogen) atoms. The van der Waals surface area contributed by atoms with Gasteiger partial charge >= 0.3 is 5.97 Å². The molecule has 4 N–H and O–H groups in total. The molecule has 2 aromatic rings. The number of hydrogen-bond donors (Lipinski definition) is 4. The second kappa shape index (κ2) is 13.2. The van der Waals surface area contributed by atoms with Gasteiger partial charge in [0.15, 0.2) is 5.88 Å². The number of hydrogen-bond acceptors (Lipinski definition) is 6. The minimum Gasteiger partial charge on any atom is -0.480 e. The van der Waals surface area contributed by atoms with Crippen molar-refractivity contribution >= 4 is 17.7 Å². The fourth-order valence-electron chi connectivity index (χ4n) is 3.78. The molecule has 2 heterocycles. The first-order valence-electron chi connectivity index (χ1n) is 11.9. The zero-order valence-electron chi connectivity index (χ0n) is 19.5. The topological polar surface area (TPSA) is 113 Å². The standard InChI is InChI=1S/C26H34N4O4/c1-19(34-18-20-8-3-2-4-9-20)29-23(26(32)33)15-17-27-24(31)12-6-5-11-22-14-13-21-10-7-16-28-25(21)30-22/h2-4,8-9,13-14,23,29H,1,5-7,10-12,15-18H2,(H,27,31)(H,28,30)(H,32,33). The largest absolute Gasteiger partial charge is 0.480 e. The predicted molar refractivity (Wildman–Crippen MR) is 131 cm³/mol. The molecule has 0 fully saturated rings. The van der Waals surface area contributed by atoms with Gasteiger partial charge in [-0.3, -0.25) is 4.79 Å². The third-order valence-electron chi connectivity index (χ3n) is 5.68. The lowest BCUT2D eigenvalue weighted by molar-refractivity contribution is -0.140. The number of aliphatic carboxylic acids is 1. The molecule has 3 rings (SSSR count). The molecule has 1 unspecified atom stereocenters. The summed E-state index contributed by atoms with van der Waals surface area (Å²) in [5, 5.41) is 18.4. The lowest BCUT2D eigenvalue weighted by Gasteiger charge is -2.18. The first-order chi connectivity index (χ1) is 16.5. The van der Waals surface area contributed by atoms with E-state index in [0.29, 0.717) is 13.0 Å². The number of amides is 1. The van der Waals surface area contributed by atoms with Gasteiger partial charge in [0.25, 0.3) is 0 Å². The Labute approximate surface area is 200 Å². The summed E-state index contributed by atoms with van der Waals surface area (Å²) in [5.41, 5.74) is 3.28. The predicted octanol–water partition coefficient (Wildman–Crippen LogP) is 3.39. The Hall–Kier alpha value is -3.55. The van der Waals surface area contributed by atoms with Crippen molar-refractivity contribution in [3.63, 3.8) is 0 Å². The second-order valence-corrected chi connectivity index (χ2v) is 8.42. The van der Waals surface area contributed by atoms with Crippen LogP contribution in [0.2, 0.25) is 0 Å². The first-order valence-corrected chi connectivity index (χ1v) is 11.9. The lowest BCUT2D eigenvalue weighted by atomic mass is 10.1. The maximum atomic E-state index is 12.1. The lowest BCUT2D eigenvalue weighted by Crippen LogP contribution is -2.39. The highest BCUT2D eigenvalue weighted by Crippen LogP contribution is 2.20. The van der Waals surface area contributed by atoms with E-state index in [0.717, 1.165) is 55.7 Å². The Morgan fingerprint density at radius 2 is 2.00 bits per heavy atom. The number of unbranched alkanes of at least 4 members (excludes halogenated alkanes) is 1. The number of pyridine rings is 1. The Balaban J connectivity index is 1.29. The summed E-state index contributed by atoms with van der Waals surface area (Å²) in [4.78, 5) is 28.3. The number of nitrogens with zero attached hydrogens (tertiary/aromatic N) is 1. The number of carbonyl (C=O) groups excluding carboxylic acids is 1. The smallest absolute Gasteiger partial charge is 0.326 e. The summed E-state index contributed by atoms with van der Waals surface area (Å²) in [6.07, 6.45) is 5.30. The molecule has 0 bridgehead atoms. The van der Waals surface area contributed by atoms with Crippen LogP contribution in [-0.2, 0) is 33.8 Å². The van der Waals surface area contributed by atoms with Crippen molar-refractivity contribution in [2.24, 2.45) is 0 Å². The number of carboxylic acid groups (broad SMARTS) is 1. The molecule has 1 aliphatic heterocycles. The van der Waals surface area contributed by atoms with E-state index < -0.39 is 12.0 Å². The van der Waals surface area contributed by atoms with Crippen LogP contribution in [0.15, 0.2) is 54.9 Å². The van der Waals surface area contributed by atoms with Crippen molar-refractivity contribution < 1.29 is 19.4 Å². The van der Waals surface area contributed by atoms with E-state index in [9.17, 15) is 14.7 Å². The molecule has 1 atom stereocenters. The summed E-state index contributed by atoms with van der Waals surface area (Å²) in [6, 6.07) is 12.9. The summed E-state index contributed by atoms with van der Waals surface area (Å²) in [5.74, 6) is 0.0823. The number of anilines is 1. The molecule has 8 heteroatoms. The zero-order chi connectivity index (χ0) is 24.2. The molecular formula is C26H34N4O4. The number of aromatic nitrogens is 1. The molecule has 0 saturated heterocycles. The zero-order valence-corrected chi connectivity index (χ0v) is 19.5. The highest BCUT2D eigenvalue weighted by molar-refractivity contribution is 5.76. The van der Waals surface area contributed by atoms with E-state index >= 15 is 0 Å². The van der Waals surface area contributed by atoms with E-state index in [1.165, 1.54) is 5.56 Å². The van der Waals surface area contributed by atoms with Gasteiger partial charge in [0, 0.05) is 25.2 Å². The van der Waals surface area contributed by atoms with Gasteiger partial charge in [0.05, 0.1) is 0 Å². The van der Waals surface area contributed by atoms with Crippen LogP contribution < -0.4 is 16.0 Å². The number of benzene rings is 1. The maximum absolute atomic E-state index is 12.1. The van der Waals surface area contributed by atoms with Crippen LogP contribution in [0.5, 0.6) is 0 Å². The van der Waals surface area contributed by atoms with Gasteiger partial charge in [0.1, 0.15) is 18.5 Å². The number of aryl methyl sites for hydroxylation is 2. The molecule has 0 aliphatic carbocycles. The number of ether oxygens (including phenoxy) is 1. The average molecular weight is 467 g/mol. The number of rotatable bonds is 14. The monoisotopic (exact) mass is 466 g/mol. The minimum absolute atomic E-state index is 0.0802. The highest BCUT2D eigenvalue weighted by Gasteiger charge is 2.18. The SMILES string of the molecule is C=C(NC(CCNC(=O)CCCCc1ccc2c(n1)NCCC2)C(=O)O)OCc1ccccc1. The quantitative estimate of drug-likeness (QED) is 0.249. The van der Waals surface area contributed by atoms with Crippen molar-refractivity contribution in [1.29, 1.82) is 0 Å². The fourth-order valence-corrected chi connectivity index (χ4v) is 3.78. The number of nitrogens with one attached hydrogen (secondary N) is 3. The van der Waals surface area contributed by atoms with E-state index in [2.05, 4.69) is 39.6 Å². The molecule has 1 aromatic carbocycles. The third-order valence-corrected chi connectivity index (χ3v) is 5.68. The molecule has 1 aliphatic rings. The molecule has 8 nitrogen and oxygen atoms in total. The van der Waals surface area contributed by atoms with Gasteiger partial charge in [-0.2, -0.15) is 0 Å². The molecule has 0 saturated carbocycles. The van der Waals surface area contributed by atoms with Crippen LogP contribution in [0.1, 0.15) is 48.9 Å². The van der Waals surface area contributed by atoms with E-state index in [1.807, 2.05) is 30.3 Å². The summed E-state index contributed by atoms with van der Waals surface area (Å²) in [6.45, 7) is 5.27. The van der Waals surface area contributed by atoms with Gasteiger partial charge in [-0.25, -0.2) is 9.78 Å². The molecule has 0 spiro atoms. The van der Waals surface area contributed by atoms with E-state index in [1.54, 1.807) is 0 Å². The van der Waals surface area contributed by atoms with Crippen LogP contribution >= 0.6 is 0 Å². The number of carboxylic acids is 1. The van der Waals surface area contributed by atoms with Gasteiger partial charge in [-0.15, -0.1) is 0 Å². The number of fused-ring (bicyclic) bond motifs is 1. The Morgan fingerprint density at radius 1 is 1.18 bits per heavy atom. The Kier molecular flexibility index (Phi) is 9.76. The molecule has 182 valence electrons. The molecule has 1 aromatic heterocycles. The third kappa shape index (κ3) is 8.42. The normalized spacial score (nSPS) is 13.2. The van der Waals surface area contributed by atoms with Crippen molar-refractivity contribution in [1.82, 2.24) is 15.6 Å². The van der Waals surface area contributed by atoms with E-state index in [4.69, 9.17) is 4.74 Å². The van der Waals surface area contributed by atoms with Crippen LogP contribution in [0.3, 0.4) is 0 Å². The summed E-state index contributed by atoms with van der Waals surface area (Å²) in [7, 11) is 0. The molecule has 1 amide bonds. The average Bonchev–Trinajstić information content (AvgIpc) is 2.85. The van der Waals surface area contributed by atoms with Crippen LogP contribution in [0.4, 0.5) is 5.82 Å². The maximum Gasteiger partial charge on any atom is 0.326 e. The first kappa shape index (κ1) is 25.1. The summed E-state index contributed by atoms with van der Waals surface area (Å²) < 4.78 is 5.50. The molecular weight excluding hydrogens is 432 g/mol. The fraction of sp³-hybridized carbons (Fsp3) is 0.423. The summed E-state index contributed by atoms with van der Waals surface area (Å²) >= 11 is 0. The van der Waals surface area contributed by atoms with Crippen molar-refractivity contribution in [2.45, 2.75) is 57.6 Å². The van der Waals surface area contributed by atoms with Crippen molar-refractivity contribution in [3.8, 4) is 0 Å². The van der Waals surface area contributed by atoms with Gasteiger partial charge in [-0.05, 0) is 62.3 Å². The number of carbonyl (C=O) groups is 2. The highest BCUT2D eigenvalue weighted by atomic mass is 16.5. The van der Waals surface area contributed by atoms with Crippen LogP contribution in [-0.4, -0.2) is 41.1 Å². The Morgan fingerprint density at radius 3 is 2.79 bits per heavy atom. The van der Waals surface area contributed by atoms with Crippen LogP contribution in [0, 0.1) is 0 Å². The van der Waals surface area contributed by atoms with Gasteiger partial charge in [0.2, 0.25) is 5.91 Å². The molecule has 0 radical (unpaired) electrons. The van der Waals surface area contributed by atoms with Crippen molar-refractivity contribution in [2.75, 3.05) is 18.4 Å². The van der Waals surface area contributed by atoms with Crippen molar-refractivity contribution in [3.05, 3.63) is 71.7 Å². The van der Waals surface area contributed by atoms with Gasteiger partial charge in [-0.1, -0.05) is 36.4 Å². The second-order valence-electron chi connectivity index (χ2n) is 8.42. The van der Waals surface area contributed by atoms with E-state index in [-0.39, 0.29) is 24.8 Å². The Bertz CT molecular complexity index is 965. The van der Waals surface area contributed by atoms with Crippen LogP contribution in [0.25, 0.3) is 0 Å². The van der Waals surface area contributed by atoms with Gasteiger partial charge < -0.3 is 25.8 Å². The minimum atomic E-state index is -1.02.